The van der Waals surface area contributed by atoms with Crippen LogP contribution in [0.3, 0.4) is 0 Å². The number of unbranched alkanes of at least 4 members (excludes halogenated alkanes) is 1. The van der Waals surface area contributed by atoms with Crippen molar-refractivity contribution in [3.05, 3.63) is 6.92 Å². The van der Waals surface area contributed by atoms with Crippen LogP contribution in [0.15, 0.2) is 0 Å². The Hall–Kier alpha value is -0.0400. The molecule has 1 aliphatic carbocycles. The molecule has 0 saturated heterocycles. The van der Waals surface area contributed by atoms with Gasteiger partial charge in [-0.3, -0.25) is 0 Å². The van der Waals surface area contributed by atoms with E-state index < -0.39 is 0 Å². The van der Waals surface area contributed by atoms with Gasteiger partial charge in [0.2, 0.25) is 0 Å². The molecule has 0 amide bonds. The Kier molecular flexibility index (Phi) is 4.67. The van der Waals surface area contributed by atoms with E-state index in [1.807, 2.05) is 0 Å². The lowest BCUT2D eigenvalue weighted by Gasteiger charge is -2.27. The summed E-state index contributed by atoms with van der Waals surface area (Å²) in [5.74, 6) is 1.49. The molecule has 0 aliphatic heterocycles. The second kappa shape index (κ2) is 5.58. The Balaban J connectivity index is 2.16. The molecule has 0 heterocycles. The molecular weight excluding hydrogens is 148 g/mol. The van der Waals surface area contributed by atoms with Gasteiger partial charge in [-0.15, -0.1) is 0 Å². The first kappa shape index (κ1) is 10.0. The van der Waals surface area contributed by atoms with Gasteiger partial charge in [-0.25, -0.2) is 0 Å². The molecule has 1 radical (unpaired) electrons. The molecule has 0 aromatic carbocycles. The summed E-state index contributed by atoms with van der Waals surface area (Å²) in [7, 11) is 0. The summed E-state index contributed by atoms with van der Waals surface area (Å²) in [5.41, 5.74) is 0. The van der Waals surface area contributed by atoms with Gasteiger partial charge >= 0.3 is 0 Å². The topological polar surface area (TPSA) is 20.2 Å². The third-order valence-electron chi connectivity index (χ3n) is 3.01. The number of aliphatic hydroxyl groups is 1. The lowest BCUT2D eigenvalue weighted by molar-refractivity contribution is 0.156. The van der Waals surface area contributed by atoms with E-state index in [2.05, 4.69) is 6.92 Å². The first-order valence-corrected chi connectivity index (χ1v) is 5.27. The fourth-order valence-electron chi connectivity index (χ4n) is 2.26. The third kappa shape index (κ3) is 3.14. The Labute approximate surface area is 76.2 Å². The van der Waals surface area contributed by atoms with Crippen molar-refractivity contribution in [2.45, 2.75) is 44.9 Å². The minimum Gasteiger partial charge on any atom is -0.396 e. The first-order valence-electron chi connectivity index (χ1n) is 5.27. The molecule has 0 aromatic rings. The van der Waals surface area contributed by atoms with Crippen LogP contribution in [-0.4, -0.2) is 11.7 Å². The highest BCUT2D eigenvalue weighted by Gasteiger charge is 2.20. The number of hydrogen-bond acceptors (Lipinski definition) is 1. The maximum Gasteiger partial charge on any atom is 0.0459 e. The van der Waals surface area contributed by atoms with Crippen molar-refractivity contribution in [3.8, 4) is 0 Å². The molecular formula is C11H21O. The highest BCUT2D eigenvalue weighted by molar-refractivity contribution is 4.72. The van der Waals surface area contributed by atoms with E-state index in [-0.39, 0.29) is 0 Å². The van der Waals surface area contributed by atoms with E-state index in [4.69, 9.17) is 5.11 Å². The number of hydrogen-bond donors (Lipinski definition) is 1. The summed E-state index contributed by atoms with van der Waals surface area (Å²) in [5, 5.41) is 9.02. The molecule has 12 heavy (non-hydrogen) atoms. The Bertz CT molecular complexity index is 112. The van der Waals surface area contributed by atoms with Gasteiger partial charge in [0.1, 0.15) is 0 Å². The second-order valence-electron chi connectivity index (χ2n) is 4.08. The third-order valence-corrected chi connectivity index (χ3v) is 3.01. The smallest absolute Gasteiger partial charge is 0.0459 e. The summed E-state index contributed by atoms with van der Waals surface area (Å²) in [4.78, 5) is 0. The van der Waals surface area contributed by atoms with E-state index in [0.29, 0.717) is 12.5 Å². The summed E-state index contributed by atoms with van der Waals surface area (Å²) in [6.07, 6.45) is 8.89. The molecule has 0 bridgehead atoms. The van der Waals surface area contributed by atoms with Gasteiger partial charge in [-0.1, -0.05) is 39.0 Å². The predicted octanol–water partition coefficient (Wildman–Crippen LogP) is 2.79. The van der Waals surface area contributed by atoms with E-state index in [9.17, 15) is 0 Å². The minimum atomic E-state index is 0.404. The molecule has 0 aromatic heterocycles. The molecule has 0 spiro atoms. The standard InChI is InChI=1S/C11H21O/c1-2-3-5-10-6-4-7-11(8-10)9-12/h10-12H,1-9H2. The molecule has 71 valence electrons. The van der Waals surface area contributed by atoms with Crippen molar-refractivity contribution >= 4 is 0 Å². The van der Waals surface area contributed by atoms with Crippen LogP contribution in [0.25, 0.3) is 0 Å². The second-order valence-corrected chi connectivity index (χ2v) is 4.08. The summed E-state index contributed by atoms with van der Waals surface area (Å²) >= 11 is 0. The normalized spacial score (nSPS) is 30.5. The average molecular weight is 169 g/mol. The highest BCUT2D eigenvalue weighted by Crippen LogP contribution is 2.31. The van der Waals surface area contributed by atoms with Crippen LogP contribution in [0.1, 0.15) is 44.9 Å². The maximum atomic E-state index is 9.02. The predicted molar refractivity (Wildman–Crippen MR) is 51.7 cm³/mol. The quantitative estimate of drug-likeness (QED) is 0.686. The van der Waals surface area contributed by atoms with Gasteiger partial charge in [0.15, 0.2) is 0 Å². The van der Waals surface area contributed by atoms with Gasteiger partial charge in [0, 0.05) is 6.61 Å². The molecule has 1 aliphatic rings. The zero-order chi connectivity index (χ0) is 8.81. The average Bonchev–Trinajstić information content (AvgIpc) is 2.15. The van der Waals surface area contributed by atoms with Crippen LogP contribution < -0.4 is 0 Å². The largest absolute Gasteiger partial charge is 0.396 e. The van der Waals surface area contributed by atoms with Gasteiger partial charge in [0.25, 0.3) is 0 Å². The summed E-state index contributed by atoms with van der Waals surface area (Å²) in [6, 6.07) is 0. The van der Waals surface area contributed by atoms with Crippen molar-refractivity contribution in [3.63, 3.8) is 0 Å². The van der Waals surface area contributed by atoms with Crippen LogP contribution in [-0.2, 0) is 0 Å². The molecule has 1 saturated carbocycles. The van der Waals surface area contributed by atoms with Crippen LogP contribution >= 0.6 is 0 Å². The summed E-state index contributed by atoms with van der Waals surface area (Å²) in [6.45, 7) is 4.26. The molecule has 1 N–H and O–H groups in total. The van der Waals surface area contributed by atoms with Crippen molar-refractivity contribution in [2.24, 2.45) is 11.8 Å². The van der Waals surface area contributed by atoms with Crippen molar-refractivity contribution in [2.75, 3.05) is 6.61 Å². The van der Waals surface area contributed by atoms with E-state index in [0.717, 1.165) is 12.3 Å². The zero-order valence-electron chi connectivity index (χ0n) is 7.97. The highest BCUT2D eigenvalue weighted by atomic mass is 16.3. The Morgan fingerprint density at radius 3 is 2.67 bits per heavy atom. The number of rotatable bonds is 4. The summed E-state index contributed by atoms with van der Waals surface area (Å²) < 4.78 is 0. The molecule has 1 fully saturated rings. The van der Waals surface area contributed by atoms with Crippen LogP contribution in [0.4, 0.5) is 0 Å². The van der Waals surface area contributed by atoms with Gasteiger partial charge in [-0.05, 0) is 24.7 Å². The molecule has 1 nitrogen and oxygen atoms in total. The fourth-order valence-corrected chi connectivity index (χ4v) is 2.26. The monoisotopic (exact) mass is 169 g/mol. The number of aliphatic hydroxyl groups excluding tert-OH is 1. The lowest BCUT2D eigenvalue weighted by Crippen LogP contribution is -2.18. The molecule has 2 atom stereocenters. The lowest BCUT2D eigenvalue weighted by atomic mass is 9.79. The van der Waals surface area contributed by atoms with Gasteiger partial charge in [0.05, 0.1) is 0 Å². The minimum absolute atomic E-state index is 0.404. The first-order chi connectivity index (χ1) is 5.86. The van der Waals surface area contributed by atoms with Gasteiger partial charge < -0.3 is 5.11 Å². The van der Waals surface area contributed by atoms with Crippen LogP contribution in [0.5, 0.6) is 0 Å². The van der Waals surface area contributed by atoms with Crippen molar-refractivity contribution < 1.29 is 5.11 Å². The van der Waals surface area contributed by atoms with Crippen LogP contribution in [0, 0.1) is 18.8 Å². The van der Waals surface area contributed by atoms with Crippen molar-refractivity contribution in [1.82, 2.24) is 0 Å². The fraction of sp³-hybridized carbons (Fsp3) is 0.909. The SMILES string of the molecule is [CH2]CCCC1CCCC(CO)C1. The maximum absolute atomic E-state index is 9.02. The van der Waals surface area contributed by atoms with E-state index in [1.54, 1.807) is 0 Å². The van der Waals surface area contributed by atoms with E-state index in [1.165, 1.54) is 38.5 Å². The molecule has 1 rings (SSSR count). The Morgan fingerprint density at radius 2 is 2.00 bits per heavy atom. The molecule has 1 heteroatoms. The van der Waals surface area contributed by atoms with Crippen molar-refractivity contribution in [1.29, 1.82) is 0 Å². The Morgan fingerprint density at radius 1 is 1.25 bits per heavy atom. The zero-order valence-corrected chi connectivity index (χ0v) is 7.97. The van der Waals surface area contributed by atoms with Crippen LogP contribution in [0.2, 0.25) is 0 Å². The van der Waals surface area contributed by atoms with E-state index >= 15 is 0 Å². The van der Waals surface area contributed by atoms with Gasteiger partial charge in [-0.2, -0.15) is 0 Å². The molecule has 2 unspecified atom stereocenters.